The summed E-state index contributed by atoms with van der Waals surface area (Å²) in [5, 5.41) is 40.8. The quantitative estimate of drug-likeness (QED) is 0.0559. The Bertz CT molecular complexity index is 3220. The van der Waals surface area contributed by atoms with Gasteiger partial charge < -0.3 is 55.3 Å². The summed E-state index contributed by atoms with van der Waals surface area (Å²) in [6.07, 6.45) is 8.54. The number of piperazine rings is 1. The number of para-hydroxylation sites is 1. The summed E-state index contributed by atoms with van der Waals surface area (Å²) in [6.45, 7) is 10.5. The minimum atomic E-state index is -0.834. The number of pyridine rings is 1. The van der Waals surface area contributed by atoms with Crippen LogP contribution in [0.5, 0.6) is 17.5 Å². The molecule has 7 fully saturated rings. The van der Waals surface area contributed by atoms with Crippen molar-refractivity contribution in [3.8, 4) is 51.0 Å². The number of phenolic OH excluding ortho intramolecular Hbond substituents is 1. The molecule has 0 radical (unpaired) electrons. The summed E-state index contributed by atoms with van der Waals surface area (Å²) >= 11 is 1.59. The highest BCUT2D eigenvalue weighted by molar-refractivity contribution is 7.13. The maximum Gasteiger partial charge on any atom is 0.255 e. The summed E-state index contributed by atoms with van der Waals surface area (Å²) in [4.78, 5) is 44.4. The number of benzene rings is 2. The van der Waals surface area contributed by atoms with Crippen molar-refractivity contribution in [2.24, 2.45) is 16.7 Å². The molecule has 4 saturated carbocycles. The Morgan fingerprint density at radius 1 is 0.949 bits per heavy atom. The monoisotopic (exact) mass is 1070 g/mol. The molecule has 78 heavy (non-hydrogen) atoms. The molecule has 0 spiro atoms. The van der Waals surface area contributed by atoms with E-state index >= 15 is 0 Å². The standard InChI is InChI=1S/C59H67N11O7S/c1-34(2)53(57(74)69-28-43(71)23-48(69)56(73)64-35(3)37-10-12-38(13-11-37)54-36(4)63-33-78-54)50-25-52(67-77-50)75-19-7-17-58-29-59(30-58,31-58)32-62-39-20-44(21-39)76-51-22-40(16-18-61-51)70-41-14-15-42(70)27-68(26-41)47-24-46(65-66-55(47)60)45-8-5-6-9-49(45)72/h5-6,8-13,16,18,22,24-25,33-35,39,41-44,48,53,62,71-72H,14-15,19-21,23,26-32H2,1-4H3,(H2,60,66)(H,64,73)/t35-,39-,41?,42?,43+,44-,48-,53+,58?,59?/m0/s1. The summed E-state index contributed by atoms with van der Waals surface area (Å²) < 4.78 is 18.1. The highest BCUT2D eigenvalue weighted by Crippen LogP contribution is 2.72. The predicted octanol–water partition coefficient (Wildman–Crippen LogP) is 7.43. The number of ether oxygens (including phenoxy) is 2. The maximum absolute atomic E-state index is 14.2. The van der Waals surface area contributed by atoms with Gasteiger partial charge in [-0.2, -0.15) is 0 Å². The zero-order valence-corrected chi connectivity index (χ0v) is 45.3. The van der Waals surface area contributed by atoms with E-state index in [9.17, 15) is 19.8 Å². The van der Waals surface area contributed by atoms with Crippen LogP contribution in [-0.2, 0) is 9.59 Å². The Labute approximate surface area is 458 Å². The predicted molar refractivity (Wildman–Crippen MR) is 296 cm³/mol. The van der Waals surface area contributed by atoms with Gasteiger partial charge in [0.25, 0.3) is 5.88 Å². The molecule has 7 heterocycles. The highest BCUT2D eigenvalue weighted by Gasteiger charge is 2.67. The van der Waals surface area contributed by atoms with Crippen LogP contribution in [0.2, 0.25) is 0 Å². The van der Waals surface area contributed by atoms with Crippen molar-refractivity contribution in [3.63, 3.8) is 0 Å². The second-order valence-electron chi connectivity index (χ2n) is 23.1. The number of phenols is 1. The molecule has 19 heteroatoms. The molecule has 7 aliphatic rings. The molecular formula is C59H67N11O7S. The number of thiazole rings is 1. The van der Waals surface area contributed by atoms with Gasteiger partial charge in [-0.25, -0.2) is 9.97 Å². The van der Waals surface area contributed by atoms with Crippen LogP contribution in [0.15, 0.2) is 89.0 Å². The summed E-state index contributed by atoms with van der Waals surface area (Å²) in [5.41, 5.74) is 14.7. The van der Waals surface area contributed by atoms with E-state index in [0.29, 0.717) is 52.3 Å². The van der Waals surface area contributed by atoms with E-state index in [4.69, 9.17) is 19.7 Å². The third kappa shape index (κ3) is 10.1. The van der Waals surface area contributed by atoms with Gasteiger partial charge in [-0.05, 0) is 111 Å². The van der Waals surface area contributed by atoms with Crippen molar-refractivity contribution < 1.29 is 33.8 Å². The van der Waals surface area contributed by atoms with Crippen molar-refractivity contribution in [2.45, 2.75) is 127 Å². The molecule has 3 aliphatic heterocycles. The van der Waals surface area contributed by atoms with E-state index in [-0.39, 0.29) is 66.5 Å². The number of nitrogens with zero attached hydrogens (tertiary/aromatic N) is 8. The van der Waals surface area contributed by atoms with Gasteiger partial charge in [-0.1, -0.05) is 62.1 Å². The fourth-order valence-electron chi connectivity index (χ4n) is 13.2. The van der Waals surface area contributed by atoms with Crippen LogP contribution in [0.3, 0.4) is 0 Å². The Morgan fingerprint density at radius 2 is 1.72 bits per heavy atom. The van der Waals surface area contributed by atoms with Gasteiger partial charge in [0.05, 0.1) is 39.6 Å². The van der Waals surface area contributed by atoms with Crippen LogP contribution in [0, 0.1) is 35.5 Å². The number of β-amino-alcohol motifs (C(OH)–C–C–N with tert-alkyl or cyclic N) is 1. The van der Waals surface area contributed by atoms with Gasteiger partial charge in [0.1, 0.15) is 23.8 Å². The molecule has 4 aliphatic carbocycles. The van der Waals surface area contributed by atoms with E-state index in [0.717, 1.165) is 97.7 Å². The van der Waals surface area contributed by atoms with Crippen molar-refractivity contribution in [1.29, 1.82) is 0 Å². The lowest BCUT2D eigenvalue weighted by molar-refractivity contribution is -0.160. The Kier molecular flexibility index (Phi) is 13.8. The fraction of sp³-hybridized carbons (Fsp3) is 0.475. The van der Waals surface area contributed by atoms with Crippen LogP contribution in [0.25, 0.3) is 21.7 Å². The number of nitrogens with two attached hydrogens (primary N) is 1. The molecule has 4 bridgehead atoms. The third-order valence-corrected chi connectivity index (χ3v) is 18.1. The SMILES string of the molecule is Cc1ncsc1-c1ccc([C@H](C)NC(=O)[C@@H]2C[C@@H](O)CN2C(=O)[C@@H](c2cc(OCC#CC34CC(CN[C@H]5C[C@H](Oc6cc(N7C8CCC7CN(c7cc(-c9ccccc9O)nnc7N)C8)ccn6)C5)(C3)C4)no2)C(C)C)cc1. The molecule has 2 aromatic carbocycles. The van der Waals surface area contributed by atoms with Gasteiger partial charge in [-0.15, -0.1) is 21.5 Å². The smallest absolute Gasteiger partial charge is 0.255 e. The summed E-state index contributed by atoms with van der Waals surface area (Å²) in [5.74, 6) is 6.97. The molecule has 6 atom stereocenters. The minimum absolute atomic E-state index is 0.0381. The zero-order valence-electron chi connectivity index (χ0n) is 44.5. The van der Waals surface area contributed by atoms with Crippen LogP contribution in [0.4, 0.5) is 17.2 Å². The number of rotatable bonds is 17. The maximum atomic E-state index is 14.2. The van der Waals surface area contributed by atoms with Crippen molar-refractivity contribution >= 4 is 40.3 Å². The van der Waals surface area contributed by atoms with Crippen LogP contribution in [0.1, 0.15) is 101 Å². The number of likely N-dealkylation sites (tertiary alicyclic amines) is 1. The number of aromatic hydroxyl groups is 1. The summed E-state index contributed by atoms with van der Waals surface area (Å²) in [7, 11) is 0. The number of aromatic nitrogens is 5. The second-order valence-corrected chi connectivity index (χ2v) is 23.9. The number of hydrogen-bond donors (Lipinski definition) is 5. The fourth-order valence-corrected chi connectivity index (χ4v) is 14.0. The van der Waals surface area contributed by atoms with Gasteiger partial charge in [0.15, 0.2) is 18.2 Å². The van der Waals surface area contributed by atoms with E-state index in [1.807, 2.05) is 81.9 Å². The first kappa shape index (κ1) is 51.5. The summed E-state index contributed by atoms with van der Waals surface area (Å²) in [6, 6.07) is 22.8. The number of carbonyl (C=O) groups is 2. The molecule has 4 aromatic heterocycles. The van der Waals surface area contributed by atoms with Gasteiger partial charge >= 0.3 is 0 Å². The number of aliphatic hydroxyl groups is 1. The Hall–Kier alpha value is -7.27. The first-order chi connectivity index (χ1) is 37.7. The molecule has 18 nitrogen and oxygen atoms in total. The number of nitrogens with one attached hydrogen (secondary N) is 2. The second kappa shape index (κ2) is 20.8. The lowest BCUT2D eigenvalue weighted by atomic mass is 9.35. The number of aryl methyl sites for hydroxylation is 1. The molecule has 2 amide bonds. The van der Waals surface area contributed by atoms with Crippen molar-refractivity contribution in [1.82, 2.24) is 40.9 Å². The lowest BCUT2D eigenvalue weighted by Gasteiger charge is -2.69. The van der Waals surface area contributed by atoms with Crippen LogP contribution in [-0.4, -0.2) is 121 Å². The van der Waals surface area contributed by atoms with Crippen molar-refractivity contribution in [2.75, 3.05) is 48.3 Å². The molecule has 406 valence electrons. The number of nitrogen functional groups attached to an aromatic ring is 1. The number of anilines is 3. The molecule has 6 aromatic rings. The molecule has 13 rings (SSSR count). The largest absolute Gasteiger partial charge is 0.507 e. The lowest BCUT2D eigenvalue weighted by Crippen LogP contribution is -2.66. The Morgan fingerprint density at radius 3 is 2.45 bits per heavy atom. The zero-order chi connectivity index (χ0) is 53.9. The number of fused-ring (bicyclic) bond motifs is 2. The number of aliphatic hydroxyl groups excluding tert-OH is 1. The van der Waals surface area contributed by atoms with E-state index in [2.05, 4.69) is 69.7 Å². The third-order valence-electron chi connectivity index (χ3n) is 17.1. The first-order valence-corrected chi connectivity index (χ1v) is 28.3. The van der Waals surface area contributed by atoms with Crippen LogP contribution < -0.4 is 35.6 Å². The number of carbonyl (C=O) groups excluding carboxylic acids is 2. The first-order valence-electron chi connectivity index (χ1n) is 27.4. The highest BCUT2D eigenvalue weighted by atomic mass is 32.1. The Balaban J connectivity index is 0.572. The normalized spacial score (nSPS) is 26.5. The van der Waals surface area contributed by atoms with Crippen LogP contribution >= 0.6 is 11.3 Å². The molecule has 6 N–H and O–H groups in total. The van der Waals surface area contributed by atoms with Crippen molar-refractivity contribution in [3.05, 3.63) is 102 Å². The van der Waals surface area contributed by atoms with E-state index < -0.39 is 18.1 Å². The van der Waals surface area contributed by atoms with E-state index in [1.165, 1.54) is 4.90 Å². The topological polar surface area (TPSA) is 230 Å². The molecular weight excluding hydrogens is 1010 g/mol. The number of hydrogen-bond acceptors (Lipinski definition) is 17. The molecule has 2 unspecified atom stereocenters. The average Bonchev–Trinajstić information content (AvgIpc) is 2.70. The van der Waals surface area contributed by atoms with Gasteiger partial charge in [0, 0.05) is 85.7 Å². The molecule has 3 saturated heterocycles. The number of amides is 2. The minimum Gasteiger partial charge on any atom is -0.507 e. The van der Waals surface area contributed by atoms with E-state index in [1.54, 1.807) is 29.5 Å². The van der Waals surface area contributed by atoms with Gasteiger partial charge in [0.2, 0.25) is 17.7 Å². The average molecular weight is 1070 g/mol. The van der Waals surface area contributed by atoms with Gasteiger partial charge in [-0.3, -0.25) is 9.59 Å².